The number of hydrogen-bond donors (Lipinski definition) is 2. The molecule has 0 bridgehead atoms. The van der Waals surface area contributed by atoms with Crippen LogP contribution in [0.1, 0.15) is 17.5 Å². The van der Waals surface area contributed by atoms with Crippen LogP contribution < -0.4 is 0 Å². The maximum absolute atomic E-state index is 14.1. The van der Waals surface area contributed by atoms with E-state index in [1.165, 1.54) is 12.1 Å². The molecule has 0 heterocycles. The molecule has 0 saturated heterocycles. The van der Waals surface area contributed by atoms with Crippen molar-refractivity contribution in [3.63, 3.8) is 0 Å². The number of hydrogen-bond acceptors (Lipinski definition) is 3. The molecule has 4 nitrogen and oxygen atoms in total. The van der Waals surface area contributed by atoms with Gasteiger partial charge in [0.1, 0.15) is 17.2 Å². The summed E-state index contributed by atoms with van der Waals surface area (Å²) in [4.78, 5) is 11.8. The van der Waals surface area contributed by atoms with Crippen molar-refractivity contribution < 1.29 is 23.9 Å². The van der Waals surface area contributed by atoms with Crippen molar-refractivity contribution in [2.45, 2.75) is 12.0 Å². The minimum atomic E-state index is -2.02. The lowest BCUT2D eigenvalue weighted by molar-refractivity contribution is -0.163. The molecule has 0 aliphatic carbocycles. The summed E-state index contributed by atoms with van der Waals surface area (Å²) in [6.07, 6.45) is -0.591. The Balaban J connectivity index is 2.57. The van der Waals surface area contributed by atoms with Crippen LogP contribution >= 0.6 is 0 Å². The van der Waals surface area contributed by atoms with E-state index in [-0.39, 0.29) is 11.1 Å². The van der Waals surface area contributed by atoms with Crippen molar-refractivity contribution in [3.05, 3.63) is 71.3 Å². The molecular weight excluding hydrogens is 292 g/mol. The number of nitrogens with zero attached hydrogens (tertiary/aromatic N) is 1. The molecule has 2 aromatic rings. The van der Waals surface area contributed by atoms with Crippen molar-refractivity contribution in [2.24, 2.45) is 0 Å². The molecule has 116 valence electrons. The van der Waals surface area contributed by atoms with Crippen LogP contribution in [0, 0.1) is 11.6 Å². The molecule has 6 heteroatoms. The third-order valence-electron chi connectivity index (χ3n) is 3.40. The molecule has 0 radical (unpaired) electrons. The van der Waals surface area contributed by atoms with Crippen molar-refractivity contribution in [1.82, 2.24) is 5.06 Å². The number of carbonyl (C=O) groups is 1. The molecule has 0 spiro atoms. The standard InChI is InChI=1S/C16H15F2NO3/c1-19(22)15(20)10-16(21,11-5-3-2-4-6-11)13-8-7-12(17)9-14(13)18/h2-9,21-22H,10H2,1H3. The smallest absolute Gasteiger partial charge is 0.249 e. The van der Waals surface area contributed by atoms with Gasteiger partial charge in [-0.2, -0.15) is 0 Å². The number of rotatable bonds is 4. The van der Waals surface area contributed by atoms with Crippen LogP contribution in [-0.4, -0.2) is 28.3 Å². The summed E-state index contributed by atoms with van der Waals surface area (Å²) in [6.45, 7) is 0. The second-order valence-corrected chi connectivity index (χ2v) is 4.94. The Hall–Kier alpha value is -2.31. The van der Waals surface area contributed by atoms with Gasteiger partial charge in [-0.25, -0.2) is 13.8 Å². The molecule has 1 atom stereocenters. The Labute approximate surface area is 126 Å². The zero-order chi connectivity index (χ0) is 16.3. The van der Waals surface area contributed by atoms with Gasteiger partial charge in [0.25, 0.3) is 0 Å². The summed E-state index contributed by atoms with van der Waals surface area (Å²) in [5, 5.41) is 20.4. The normalized spacial score (nSPS) is 13.5. The van der Waals surface area contributed by atoms with Crippen LogP contribution in [0.5, 0.6) is 0 Å². The van der Waals surface area contributed by atoms with Gasteiger partial charge in [-0.05, 0) is 17.7 Å². The van der Waals surface area contributed by atoms with Crippen LogP contribution in [0.4, 0.5) is 8.78 Å². The minimum Gasteiger partial charge on any atom is -0.380 e. The Morgan fingerprint density at radius 1 is 1.18 bits per heavy atom. The average molecular weight is 307 g/mol. The molecule has 2 aromatic carbocycles. The van der Waals surface area contributed by atoms with Gasteiger partial charge in [0.15, 0.2) is 0 Å². The highest BCUT2D eigenvalue weighted by atomic mass is 19.1. The van der Waals surface area contributed by atoms with E-state index >= 15 is 0 Å². The summed E-state index contributed by atoms with van der Waals surface area (Å²) >= 11 is 0. The van der Waals surface area contributed by atoms with Gasteiger partial charge in [0, 0.05) is 18.7 Å². The molecule has 1 amide bonds. The third-order valence-corrected chi connectivity index (χ3v) is 3.40. The van der Waals surface area contributed by atoms with Gasteiger partial charge in [-0.15, -0.1) is 0 Å². The van der Waals surface area contributed by atoms with Gasteiger partial charge >= 0.3 is 0 Å². The van der Waals surface area contributed by atoms with E-state index in [4.69, 9.17) is 0 Å². The molecule has 0 fully saturated rings. The predicted octanol–water partition coefficient (Wildman–Crippen LogP) is 2.44. The maximum Gasteiger partial charge on any atom is 0.249 e. The second kappa shape index (κ2) is 6.21. The van der Waals surface area contributed by atoms with E-state index in [0.29, 0.717) is 11.1 Å². The van der Waals surface area contributed by atoms with Gasteiger partial charge < -0.3 is 5.11 Å². The minimum absolute atomic E-state index is 0.240. The number of halogens is 2. The van der Waals surface area contributed by atoms with E-state index in [2.05, 4.69) is 0 Å². The van der Waals surface area contributed by atoms with Crippen LogP contribution in [-0.2, 0) is 10.4 Å². The third kappa shape index (κ3) is 3.13. The molecule has 0 aliphatic heterocycles. The molecule has 2 rings (SSSR count). The number of amides is 1. The highest BCUT2D eigenvalue weighted by Gasteiger charge is 2.37. The van der Waals surface area contributed by atoms with E-state index in [1.54, 1.807) is 18.2 Å². The quantitative estimate of drug-likeness (QED) is 0.674. The zero-order valence-electron chi connectivity index (χ0n) is 11.8. The summed E-state index contributed by atoms with van der Waals surface area (Å²) in [5.41, 5.74) is -2.00. The first-order chi connectivity index (χ1) is 10.3. The van der Waals surface area contributed by atoms with Gasteiger partial charge in [0.2, 0.25) is 5.91 Å². The Bertz CT molecular complexity index is 676. The first-order valence-electron chi connectivity index (χ1n) is 6.53. The molecule has 22 heavy (non-hydrogen) atoms. The monoisotopic (exact) mass is 307 g/mol. The number of hydroxylamine groups is 2. The van der Waals surface area contributed by atoms with Gasteiger partial charge in [-0.1, -0.05) is 30.3 Å². The first kappa shape index (κ1) is 16.1. The average Bonchev–Trinajstić information content (AvgIpc) is 2.47. The second-order valence-electron chi connectivity index (χ2n) is 4.94. The van der Waals surface area contributed by atoms with E-state index in [9.17, 15) is 23.9 Å². The molecule has 0 aromatic heterocycles. The Morgan fingerprint density at radius 2 is 1.82 bits per heavy atom. The van der Waals surface area contributed by atoms with Crippen LogP contribution in [0.25, 0.3) is 0 Å². The van der Waals surface area contributed by atoms with Crippen molar-refractivity contribution in [3.8, 4) is 0 Å². The van der Waals surface area contributed by atoms with E-state index in [0.717, 1.165) is 19.2 Å². The number of aliphatic hydroxyl groups is 1. The lowest BCUT2D eigenvalue weighted by Crippen LogP contribution is -2.36. The summed E-state index contributed by atoms with van der Waals surface area (Å²) in [7, 11) is 1.11. The molecule has 2 N–H and O–H groups in total. The van der Waals surface area contributed by atoms with Crippen molar-refractivity contribution in [1.29, 1.82) is 0 Å². The summed E-state index contributed by atoms with van der Waals surface area (Å²) < 4.78 is 27.2. The topological polar surface area (TPSA) is 60.8 Å². The van der Waals surface area contributed by atoms with Crippen LogP contribution in [0.3, 0.4) is 0 Å². The fraction of sp³-hybridized carbons (Fsp3) is 0.188. The number of carbonyl (C=O) groups excluding carboxylic acids is 1. The lowest BCUT2D eigenvalue weighted by Gasteiger charge is -2.29. The first-order valence-corrected chi connectivity index (χ1v) is 6.53. The van der Waals surface area contributed by atoms with Crippen LogP contribution in [0.2, 0.25) is 0 Å². The fourth-order valence-corrected chi connectivity index (χ4v) is 2.22. The molecular formula is C16H15F2NO3. The van der Waals surface area contributed by atoms with Gasteiger partial charge in [0.05, 0.1) is 6.42 Å². The highest BCUT2D eigenvalue weighted by molar-refractivity contribution is 5.77. The molecule has 0 aliphatic rings. The van der Waals surface area contributed by atoms with Crippen molar-refractivity contribution in [2.75, 3.05) is 7.05 Å². The van der Waals surface area contributed by atoms with E-state index in [1.807, 2.05) is 0 Å². The lowest BCUT2D eigenvalue weighted by atomic mass is 9.83. The predicted molar refractivity (Wildman–Crippen MR) is 75.0 cm³/mol. The SMILES string of the molecule is CN(O)C(=O)CC(O)(c1ccccc1)c1ccc(F)cc1F. The summed E-state index contributed by atoms with van der Waals surface area (Å²) in [6, 6.07) is 10.7. The fourth-order valence-electron chi connectivity index (χ4n) is 2.22. The number of benzene rings is 2. The van der Waals surface area contributed by atoms with E-state index < -0.39 is 29.6 Å². The Morgan fingerprint density at radius 3 is 2.36 bits per heavy atom. The highest BCUT2D eigenvalue weighted by Crippen LogP contribution is 2.35. The van der Waals surface area contributed by atoms with Gasteiger partial charge in [-0.3, -0.25) is 10.0 Å². The van der Waals surface area contributed by atoms with Crippen molar-refractivity contribution >= 4 is 5.91 Å². The Kier molecular flexibility index (Phi) is 4.54. The molecule has 0 saturated carbocycles. The zero-order valence-corrected chi connectivity index (χ0v) is 11.8. The summed E-state index contributed by atoms with van der Waals surface area (Å²) in [5.74, 6) is -2.57. The maximum atomic E-state index is 14.1. The largest absolute Gasteiger partial charge is 0.380 e. The molecule has 1 unspecified atom stereocenters. The van der Waals surface area contributed by atoms with Crippen LogP contribution in [0.15, 0.2) is 48.5 Å².